The smallest absolute Gasteiger partial charge is 0.130 e. The zero-order valence-corrected chi connectivity index (χ0v) is 10.8. The van der Waals surface area contributed by atoms with Crippen molar-refractivity contribution in [1.29, 1.82) is 5.41 Å². The predicted molar refractivity (Wildman–Crippen MR) is 70.6 cm³/mol. The Morgan fingerprint density at radius 1 is 1.38 bits per heavy atom. The van der Waals surface area contributed by atoms with Gasteiger partial charge in [-0.2, -0.15) is 0 Å². The molecule has 1 aromatic rings. The molecule has 0 aromatic heterocycles. The summed E-state index contributed by atoms with van der Waals surface area (Å²) in [6.45, 7) is 10.2. The van der Waals surface area contributed by atoms with Crippen LogP contribution in [0.25, 0.3) is 0 Å². The van der Waals surface area contributed by atoms with Crippen molar-refractivity contribution in [3.63, 3.8) is 0 Å². The van der Waals surface area contributed by atoms with Crippen molar-refractivity contribution in [2.24, 2.45) is 0 Å². The molecule has 0 fully saturated rings. The number of hydrogen-bond acceptors (Lipinski definition) is 3. The molecule has 0 saturated heterocycles. The fraction of sp³-hybridized carbons (Fsp3) is 0.462. The largest absolute Gasteiger partial charge is 0.493 e. The van der Waals surface area contributed by atoms with Crippen LogP contribution in [-0.4, -0.2) is 12.3 Å². The average Bonchev–Trinajstić information content (AvgIpc) is 2.19. The fourth-order valence-electron chi connectivity index (χ4n) is 1.45. The first-order valence-electron chi connectivity index (χ1n) is 5.64. The van der Waals surface area contributed by atoms with Crippen molar-refractivity contribution in [2.45, 2.75) is 34.6 Å². The van der Waals surface area contributed by atoms with Crippen molar-refractivity contribution < 1.29 is 4.74 Å². The number of nitrogen functional groups attached to an aromatic ring is 1. The van der Waals surface area contributed by atoms with Crippen LogP contribution >= 0.6 is 0 Å². The van der Waals surface area contributed by atoms with E-state index in [2.05, 4.69) is 0 Å². The number of anilines is 1. The van der Waals surface area contributed by atoms with Crippen LogP contribution < -0.4 is 10.5 Å². The number of aryl methyl sites for hydroxylation is 1. The summed E-state index contributed by atoms with van der Waals surface area (Å²) in [5.41, 5.74) is 8.64. The van der Waals surface area contributed by atoms with Gasteiger partial charge in [-0.3, -0.25) is 0 Å². The van der Waals surface area contributed by atoms with Gasteiger partial charge in [0.05, 0.1) is 12.2 Å². The number of rotatable bonds is 3. The fourth-order valence-corrected chi connectivity index (χ4v) is 1.45. The van der Waals surface area contributed by atoms with Crippen LogP contribution in [0.5, 0.6) is 5.75 Å². The molecule has 0 saturated carbocycles. The zero-order chi connectivity index (χ0) is 12.7. The van der Waals surface area contributed by atoms with Crippen molar-refractivity contribution in [1.82, 2.24) is 0 Å². The normalized spacial score (nSPS) is 9.06. The third kappa shape index (κ3) is 3.57. The summed E-state index contributed by atoms with van der Waals surface area (Å²) in [4.78, 5) is 0. The molecule has 16 heavy (non-hydrogen) atoms. The van der Waals surface area contributed by atoms with Gasteiger partial charge in [0.15, 0.2) is 0 Å². The van der Waals surface area contributed by atoms with E-state index >= 15 is 0 Å². The van der Waals surface area contributed by atoms with Gasteiger partial charge in [-0.1, -0.05) is 13.8 Å². The van der Waals surface area contributed by atoms with Crippen LogP contribution in [-0.2, 0) is 0 Å². The van der Waals surface area contributed by atoms with E-state index in [0.717, 1.165) is 5.56 Å². The zero-order valence-electron chi connectivity index (χ0n) is 10.8. The highest BCUT2D eigenvalue weighted by Gasteiger charge is 2.10. The van der Waals surface area contributed by atoms with Crippen LogP contribution in [0.2, 0.25) is 0 Å². The standard InChI is InChI=1S/C11H16N2O.C2H6/c1-4-14-10-6-7(2)5-9(13)11(10)8(3)12;1-2/h5-6,12H,4,13H2,1-3H3;1-2H3. The Kier molecular flexibility index (Phi) is 6.23. The highest BCUT2D eigenvalue weighted by molar-refractivity contribution is 6.03. The second-order valence-corrected chi connectivity index (χ2v) is 3.29. The van der Waals surface area contributed by atoms with E-state index in [1.807, 2.05) is 39.8 Å². The highest BCUT2D eigenvalue weighted by atomic mass is 16.5. The molecule has 0 unspecified atom stereocenters. The molecule has 0 aliphatic carbocycles. The lowest BCUT2D eigenvalue weighted by Gasteiger charge is -2.12. The van der Waals surface area contributed by atoms with Crippen LogP contribution in [0, 0.1) is 12.3 Å². The van der Waals surface area contributed by atoms with Crippen molar-refractivity contribution in [2.75, 3.05) is 12.3 Å². The van der Waals surface area contributed by atoms with E-state index in [1.165, 1.54) is 0 Å². The Morgan fingerprint density at radius 3 is 2.38 bits per heavy atom. The maximum Gasteiger partial charge on any atom is 0.130 e. The Hall–Kier alpha value is -1.51. The van der Waals surface area contributed by atoms with Gasteiger partial charge in [0, 0.05) is 11.4 Å². The Labute approximate surface area is 98.1 Å². The molecule has 0 aliphatic heterocycles. The van der Waals surface area contributed by atoms with Gasteiger partial charge in [0.2, 0.25) is 0 Å². The molecule has 0 spiro atoms. The molecule has 90 valence electrons. The summed E-state index contributed by atoms with van der Waals surface area (Å²) in [6.07, 6.45) is 0. The number of nitrogens with one attached hydrogen (secondary N) is 1. The molecular formula is C13H22N2O. The maximum atomic E-state index is 7.61. The molecule has 3 nitrogen and oxygen atoms in total. The molecule has 3 N–H and O–H groups in total. The first-order chi connectivity index (χ1) is 7.56. The molecule has 0 atom stereocenters. The van der Waals surface area contributed by atoms with E-state index in [9.17, 15) is 0 Å². The Balaban J connectivity index is 0.00000106. The van der Waals surface area contributed by atoms with E-state index in [1.54, 1.807) is 6.92 Å². The Morgan fingerprint density at radius 2 is 1.94 bits per heavy atom. The number of hydrogen-bond donors (Lipinski definition) is 2. The molecule has 0 aliphatic rings. The summed E-state index contributed by atoms with van der Waals surface area (Å²) in [6, 6.07) is 3.77. The van der Waals surface area contributed by atoms with Crippen molar-refractivity contribution in [3.8, 4) is 5.75 Å². The molecule has 0 heterocycles. The summed E-state index contributed by atoms with van der Waals surface area (Å²) >= 11 is 0. The SMILES string of the molecule is CC.CCOc1cc(C)cc(N)c1C(C)=N. The third-order valence-corrected chi connectivity index (χ3v) is 1.95. The summed E-state index contributed by atoms with van der Waals surface area (Å²) in [7, 11) is 0. The molecule has 0 amide bonds. The van der Waals surface area contributed by atoms with Gasteiger partial charge < -0.3 is 15.9 Å². The van der Waals surface area contributed by atoms with Crippen LogP contribution in [0.15, 0.2) is 12.1 Å². The molecule has 0 radical (unpaired) electrons. The number of nitrogens with two attached hydrogens (primary N) is 1. The van der Waals surface area contributed by atoms with Gasteiger partial charge in [0.1, 0.15) is 5.75 Å². The van der Waals surface area contributed by atoms with Crippen LogP contribution in [0.1, 0.15) is 38.8 Å². The lowest BCUT2D eigenvalue weighted by atomic mass is 10.0. The molecule has 3 heteroatoms. The third-order valence-electron chi connectivity index (χ3n) is 1.95. The quantitative estimate of drug-likeness (QED) is 0.608. The second-order valence-electron chi connectivity index (χ2n) is 3.29. The lowest BCUT2D eigenvalue weighted by molar-refractivity contribution is 0.339. The average molecular weight is 222 g/mol. The molecule has 0 bridgehead atoms. The monoisotopic (exact) mass is 222 g/mol. The van der Waals surface area contributed by atoms with Crippen LogP contribution in [0.3, 0.4) is 0 Å². The molecule has 1 aromatic carbocycles. The summed E-state index contributed by atoms with van der Waals surface area (Å²) < 4.78 is 5.44. The minimum Gasteiger partial charge on any atom is -0.493 e. The minimum atomic E-state index is 0.436. The van der Waals surface area contributed by atoms with Gasteiger partial charge in [0.25, 0.3) is 0 Å². The van der Waals surface area contributed by atoms with Gasteiger partial charge in [-0.15, -0.1) is 0 Å². The minimum absolute atomic E-state index is 0.436. The number of ether oxygens (including phenoxy) is 1. The van der Waals surface area contributed by atoms with E-state index in [-0.39, 0.29) is 0 Å². The summed E-state index contributed by atoms with van der Waals surface area (Å²) in [5.74, 6) is 0.706. The van der Waals surface area contributed by atoms with Crippen molar-refractivity contribution >= 4 is 11.4 Å². The van der Waals surface area contributed by atoms with Gasteiger partial charge >= 0.3 is 0 Å². The summed E-state index contributed by atoms with van der Waals surface area (Å²) in [5, 5.41) is 7.61. The van der Waals surface area contributed by atoms with E-state index in [4.69, 9.17) is 15.9 Å². The van der Waals surface area contributed by atoms with Gasteiger partial charge in [-0.05, 0) is 38.5 Å². The van der Waals surface area contributed by atoms with E-state index < -0.39 is 0 Å². The molecular weight excluding hydrogens is 200 g/mol. The van der Waals surface area contributed by atoms with Crippen LogP contribution in [0.4, 0.5) is 5.69 Å². The van der Waals surface area contributed by atoms with Gasteiger partial charge in [-0.25, -0.2) is 0 Å². The first-order valence-corrected chi connectivity index (χ1v) is 5.64. The first kappa shape index (κ1) is 14.5. The molecule has 1 rings (SSSR count). The van der Waals surface area contributed by atoms with Crippen molar-refractivity contribution in [3.05, 3.63) is 23.3 Å². The predicted octanol–water partition coefficient (Wildman–Crippen LogP) is 3.39. The number of benzene rings is 1. The second kappa shape index (κ2) is 6.88. The lowest BCUT2D eigenvalue weighted by Crippen LogP contribution is -2.05. The maximum absolute atomic E-state index is 7.61. The highest BCUT2D eigenvalue weighted by Crippen LogP contribution is 2.27. The van der Waals surface area contributed by atoms with E-state index in [0.29, 0.717) is 29.3 Å². The Bertz CT molecular complexity index is 359. The topological polar surface area (TPSA) is 59.1 Å².